The van der Waals surface area contributed by atoms with Gasteiger partial charge in [0.15, 0.2) is 10.9 Å². The van der Waals surface area contributed by atoms with Gasteiger partial charge in [0.05, 0.1) is 17.3 Å². The Hall–Kier alpha value is -2.92. The molecule has 4 rings (SSSR count). The van der Waals surface area contributed by atoms with Crippen LogP contribution in [0.5, 0.6) is 0 Å². The summed E-state index contributed by atoms with van der Waals surface area (Å²) >= 11 is 1.15. The summed E-state index contributed by atoms with van der Waals surface area (Å²) in [6.45, 7) is 0. The lowest BCUT2D eigenvalue weighted by Gasteiger charge is -2.21. The number of aliphatic hydroxyl groups excluding tert-OH is 1. The summed E-state index contributed by atoms with van der Waals surface area (Å²) in [5, 5.41) is 14.6. The van der Waals surface area contributed by atoms with Crippen molar-refractivity contribution in [2.75, 3.05) is 12.4 Å². The van der Waals surface area contributed by atoms with Crippen molar-refractivity contribution in [1.82, 2.24) is 13.9 Å². The van der Waals surface area contributed by atoms with E-state index in [1.807, 2.05) is 0 Å². The molecule has 3 heterocycles. The lowest BCUT2D eigenvalue weighted by atomic mass is 10.1. The monoisotopic (exact) mass is 408 g/mol. The number of benzene rings is 1. The number of nitrogens with one attached hydrogen (secondary N) is 1. The van der Waals surface area contributed by atoms with E-state index in [2.05, 4.69) is 10.3 Å². The van der Waals surface area contributed by atoms with Gasteiger partial charge in [-0.3, -0.25) is 14.4 Å². The van der Waals surface area contributed by atoms with Gasteiger partial charge in [-0.2, -0.15) is 0 Å². The van der Waals surface area contributed by atoms with Gasteiger partial charge in [0, 0.05) is 31.1 Å². The predicted octanol–water partition coefficient (Wildman–Crippen LogP) is 2.52. The van der Waals surface area contributed by atoms with Crippen molar-refractivity contribution < 1.29 is 22.7 Å². The van der Waals surface area contributed by atoms with Crippen molar-refractivity contribution in [3.8, 4) is 0 Å². The number of anilines is 1. The van der Waals surface area contributed by atoms with Crippen LogP contribution in [0.2, 0.25) is 0 Å². The summed E-state index contributed by atoms with van der Waals surface area (Å²) in [6.07, 6.45) is 2.53. The average molecular weight is 408 g/mol. The lowest BCUT2D eigenvalue weighted by Crippen LogP contribution is -2.27. The Kier molecular flexibility index (Phi) is 3.75. The molecule has 11 heteroatoms. The molecule has 140 valence electrons. The fraction of sp³-hybridized carbons (Fsp3) is 0.125. The first-order valence-electron chi connectivity index (χ1n) is 7.64. The van der Waals surface area contributed by atoms with Crippen LogP contribution in [0.3, 0.4) is 0 Å². The number of sulfonamides is 1. The van der Waals surface area contributed by atoms with Crippen LogP contribution in [0, 0.1) is 5.82 Å². The number of hydrogen-bond donors (Lipinski definition) is 2. The molecule has 0 saturated carbocycles. The van der Waals surface area contributed by atoms with Crippen LogP contribution in [-0.2, 0) is 17.1 Å². The second kappa shape index (κ2) is 5.79. The highest BCUT2D eigenvalue weighted by molar-refractivity contribution is 7.89. The summed E-state index contributed by atoms with van der Waals surface area (Å²) < 4.78 is 42.6. The molecule has 8 nitrogen and oxygen atoms in total. The number of amides is 1. The van der Waals surface area contributed by atoms with Crippen LogP contribution >= 0.6 is 11.3 Å². The molecule has 3 aromatic rings. The van der Waals surface area contributed by atoms with E-state index in [0.29, 0.717) is 5.52 Å². The van der Waals surface area contributed by atoms with Crippen LogP contribution in [0.15, 0.2) is 34.8 Å². The van der Waals surface area contributed by atoms with Crippen molar-refractivity contribution >= 4 is 49.1 Å². The first kappa shape index (κ1) is 17.5. The molecule has 1 amide bonds. The Balaban J connectivity index is 2.07. The van der Waals surface area contributed by atoms with E-state index in [0.717, 1.165) is 27.9 Å². The van der Waals surface area contributed by atoms with Crippen molar-refractivity contribution in [3.63, 3.8) is 0 Å². The van der Waals surface area contributed by atoms with Gasteiger partial charge in [0.25, 0.3) is 15.9 Å². The number of thiazole rings is 1. The van der Waals surface area contributed by atoms with E-state index < -0.39 is 27.3 Å². The van der Waals surface area contributed by atoms with Gasteiger partial charge in [-0.1, -0.05) is 0 Å². The molecular weight excluding hydrogens is 395 g/mol. The SMILES string of the molecule is CN1C=C(O)c2c(c3c(C(=O)Nc4nccs4)c(F)ccc3n2C)S1(=O)=O. The molecule has 1 aliphatic heterocycles. The van der Waals surface area contributed by atoms with Gasteiger partial charge >= 0.3 is 0 Å². The van der Waals surface area contributed by atoms with E-state index in [1.165, 1.54) is 30.9 Å². The third-order valence-electron chi connectivity index (χ3n) is 4.34. The Morgan fingerprint density at radius 2 is 2.07 bits per heavy atom. The maximum absolute atomic E-state index is 14.7. The average Bonchev–Trinajstić information content (AvgIpc) is 3.20. The van der Waals surface area contributed by atoms with Gasteiger partial charge in [-0.15, -0.1) is 11.3 Å². The number of carbonyl (C=O) groups is 1. The molecule has 0 radical (unpaired) electrons. The standard InChI is InChI=1S/C16H13FN4O4S2/c1-20-7-10(22)13-14(27(20,24)25)12-9(21(13)2)4-3-8(17)11(12)15(23)19-16-18-5-6-26-16/h3-7,22H,1-2H3,(H,18,19,23). The number of aliphatic hydroxyl groups is 1. The van der Waals surface area contributed by atoms with Crippen LogP contribution < -0.4 is 5.32 Å². The first-order valence-corrected chi connectivity index (χ1v) is 9.96. The highest BCUT2D eigenvalue weighted by atomic mass is 32.2. The number of carbonyl (C=O) groups excluding carboxylic acids is 1. The molecular formula is C16H13FN4O4S2. The molecule has 0 saturated heterocycles. The van der Waals surface area contributed by atoms with E-state index in [1.54, 1.807) is 5.38 Å². The molecule has 0 atom stereocenters. The van der Waals surface area contributed by atoms with E-state index in [4.69, 9.17) is 0 Å². The largest absolute Gasteiger partial charge is 0.504 e. The maximum atomic E-state index is 14.7. The highest BCUT2D eigenvalue weighted by Crippen LogP contribution is 2.40. The van der Waals surface area contributed by atoms with Gasteiger partial charge in [0.1, 0.15) is 16.4 Å². The molecule has 2 N–H and O–H groups in total. The van der Waals surface area contributed by atoms with Gasteiger partial charge in [-0.05, 0) is 12.1 Å². The van der Waals surface area contributed by atoms with E-state index in [9.17, 15) is 22.7 Å². The lowest BCUT2D eigenvalue weighted by molar-refractivity contribution is 0.102. The minimum Gasteiger partial charge on any atom is -0.504 e. The predicted molar refractivity (Wildman–Crippen MR) is 98.5 cm³/mol. The third kappa shape index (κ3) is 2.42. The van der Waals surface area contributed by atoms with E-state index >= 15 is 0 Å². The molecule has 0 fully saturated rings. The van der Waals surface area contributed by atoms with Crippen LogP contribution in [-0.4, -0.2) is 40.3 Å². The quantitative estimate of drug-likeness (QED) is 0.678. The number of aromatic nitrogens is 2. The highest BCUT2D eigenvalue weighted by Gasteiger charge is 2.37. The summed E-state index contributed by atoms with van der Waals surface area (Å²) in [4.78, 5) is 16.3. The van der Waals surface area contributed by atoms with Crippen molar-refractivity contribution in [1.29, 1.82) is 0 Å². The molecule has 1 aliphatic rings. The number of fused-ring (bicyclic) bond motifs is 3. The Morgan fingerprint density at radius 3 is 2.74 bits per heavy atom. The maximum Gasteiger partial charge on any atom is 0.266 e. The minimum atomic E-state index is -4.08. The fourth-order valence-corrected chi connectivity index (χ4v) is 5.12. The van der Waals surface area contributed by atoms with Gasteiger partial charge in [-0.25, -0.2) is 17.8 Å². The number of hydrogen-bond acceptors (Lipinski definition) is 6. The van der Waals surface area contributed by atoms with Gasteiger partial charge < -0.3 is 9.67 Å². The molecule has 0 bridgehead atoms. The zero-order valence-electron chi connectivity index (χ0n) is 14.1. The van der Waals surface area contributed by atoms with Crippen LogP contribution in [0.1, 0.15) is 16.1 Å². The molecule has 1 aromatic carbocycles. The number of halogens is 1. The summed E-state index contributed by atoms with van der Waals surface area (Å²) in [7, 11) is -1.29. The van der Waals surface area contributed by atoms with Crippen molar-refractivity contribution in [2.45, 2.75) is 4.90 Å². The fourth-order valence-electron chi connectivity index (χ4n) is 3.12. The summed E-state index contributed by atoms with van der Waals surface area (Å²) in [5.74, 6) is -2.00. The van der Waals surface area contributed by atoms with E-state index in [-0.39, 0.29) is 26.9 Å². The Morgan fingerprint density at radius 1 is 1.33 bits per heavy atom. The Bertz CT molecular complexity index is 1230. The normalized spacial score (nSPS) is 15.5. The third-order valence-corrected chi connectivity index (χ3v) is 6.80. The second-order valence-corrected chi connectivity index (χ2v) is 8.71. The molecule has 0 unspecified atom stereocenters. The number of rotatable bonds is 2. The summed E-state index contributed by atoms with van der Waals surface area (Å²) in [6, 6.07) is 2.45. The van der Waals surface area contributed by atoms with Crippen molar-refractivity contribution in [3.05, 3.63) is 47.0 Å². The molecule has 0 spiro atoms. The molecule has 0 aliphatic carbocycles. The number of nitrogens with zero attached hydrogens (tertiary/aromatic N) is 3. The van der Waals surface area contributed by atoms with Crippen molar-refractivity contribution in [2.24, 2.45) is 7.05 Å². The second-order valence-electron chi connectivity index (χ2n) is 5.88. The zero-order valence-corrected chi connectivity index (χ0v) is 15.7. The topological polar surface area (TPSA) is 105 Å². The summed E-state index contributed by atoms with van der Waals surface area (Å²) in [5.41, 5.74) is -0.132. The first-order chi connectivity index (χ1) is 12.7. The van der Waals surface area contributed by atoms with Crippen LogP contribution in [0.4, 0.5) is 9.52 Å². The molecule has 2 aromatic heterocycles. The van der Waals surface area contributed by atoms with Gasteiger partial charge in [0.2, 0.25) is 0 Å². The minimum absolute atomic E-state index is 0.00278. The Labute approximate surface area is 157 Å². The smallest absolute Gasteiger partial charge is 0.266 e. The number of aryl methyl sites for hydroxylation is 1. The molecule has 27 heavy (non-hydrogen) atoms. The zero-order chi connectivity index (χ0) is 19.5. The van der Waals surface area contributed by atoms with Crippen LogP contribution in [0.25, 0.3) is 16.7 Å².